The van der Waals surface area contributed by atoms with Crippen molar-refractivity contribution in [3.63, 3.8) is 0 Å². The van der Waals surface area contributed by atoms with Crippen molar-refractivity contribution in [2.45, 2.75) is 33.2 Å². The zero-order valence-electron chi connectivity index (χ0n) is 14.7. The van der Waals surface area contributed by atoms with E-state index in [0.29, 0.717) is 11.4 Å². The predicted molar refractivity (Wildman–Crippen MR) is 96.8 cm³/mol. The van der Waals surface area contributed by atoms with Crippen LogP contribution in [0.1, 0.15) is 25.0 Å². The van der Waals surface area contributed by atoms with Crippen LogP contribution in [-0.4, -0.2) is 23.3 Å². The van der Waals surface area contributed by atoms with Crippen molar-refractivity contribution in [1.82, 2.24) is 0 Å². The maximum atomic E-state index is 13.1. The highest BCUT2D eigenvalue weighted by atomic mass is 16.2. The number of aryl methyl sites for hydroxylation is 2. The molecule has 1 saturated heterocycles. The molecule has 0 N–H and O–H groups in total. The Balaban J connectivity index is 2.14. The molecule has 3 rings (SSSR count). The van der Waals surface area contributed by atoms with Gasteiger partial charge in [0.1, 0.15) is 0 Å². The van der Waals surface area contributed by atoms with E-state index in [9.17, 15) is 14.4 Å². The molecule has 0 spiro atoms. The first-order valence-electron chi connectivity index (χ1n) is 8.10. The number of imide groups is 1. The number of urea groups is 1. The Morgan fingerprint density at radius 1 is 0.840 bits per heavy atom. The number of hydrogen-bond donors (Lipinski definition) is 0. The lowest BCUT2D eigenvalue weighted by Crippen LogP contribution is -2.53. The molecule has 5 nitrogen and oxygen atoms in total. The summed E-state index contributed by atoms with van der Waals surface area (Å²) in [4.78, 5) is 40.9. The van der Waals surface area contributed by atoms with Crippen molar-refractivity contribution in [1.29, 1.82) is 0 Å². The SMILES string of the molecule is CC(=O)[C@@]1(C)C(=O)N(c2ccc(C)cc2)C(=O)N1c1ccc(C)cc1. The smallest absolute Gasteiger partial charge is 0.297 e. The number of benzene rings is 2. The summed E-state index contributed by atoms with van der Waals surface area (Å²) < 4.78 is 0. The quantitative estimate of drug-likeness (QED) is 0.635. The highest BCUT2D eigenvalue weighted by Gasteiger charge is 2.58. The molecule has 0 radical (unpaired) electrons. The van der Waals surface area contributed by atoms with E-state index in [1.54, 1.807) is 24.3 Å². The fourth-order valence-corrected chi connectivity index (χ4v) is 2.98. The number of anilines is 2. The number of amides is 3. The summed E-state index contributed by atoms with van der Waals surface area (Å²) in [5.74, 6) is -0.907. The third-order valence-corrected chi connectivity index (χ3v) is 4.72. The minimum atomic E-state index is -1.56. The predicted octanol–water partition coefficient (Wildman–Crippen LogP) is 3.62. The van der Waals surface area contributed by atoms with Gasteiger partial charge in [0.05, 0.1) is 5.69 Å². The van der Waals surface area contributed by atoms with Gasteiger partial charge in [-0.05, 0) is 52.0 Å². The summed E-state index contributed by atoms with van der Waals surface area (Å²) in [5, 5.41) is 0. The van der Waals surface area contributed by atoms with Crippen LogP contribution in [0.2, 0.25) is 0 Å². The first kappa shape index (κ1) is 16.9. The van der Waals surface area contributed by atoms with Crippen LogP contribution >= 0.6 is 0 Å². The monoisotopic (exact) mass is 336 g/mol. The zero-order chi connectivity index (χ0) is 18.4. The summed E-state index contributed by atoms with van der Waals surface area (Å²) in [5.41, 5.74) is 1.48. The highest BCUT2D eigenvalue weighted by Crippen LogP contribution is 2.37. The van der Waals surface area contributed by atoms with E-state index >= 15 is 0 Å². The van der Waals surface area contributed by atoms with Crippen LogP contribution in [-0.2, 0) is 9.59 Å². The minimum absolute atomic E-state index is 0.374. The van der Waals surface area contributed by atoms with Gasteiger partial charge in [0, 0.05) is 5.69 Å². The van der Waals surface area contributed by atoms with Crippen LogP contribution in [0.4, 0.5) is 16.2 Å². The molecule has 128 valence electrons. The largest absolute Gasteiger partial charge is 0.337 e. The second kappa shape index (κ2) is 5.84. The minimum Gasteiger partial charge on any atom is -0.297 e. The Kier molecular flexibility index (Phi) is 3.95. The highest BCUT2D eigenvalue weighted by molar-refractivity contribution is 6.37. The zero-order valence-corrected chi connectivity index (χ0v) is 14.7. The van der Waals surface area contributed by atoms with Gasteiger partial charge in [-0.25, -0.2) is 9.69 Å². The number of hydrogen-bond acceptors (Lipinski definition) is 3. The third-order valence-electron chi connectivity index (χ3n) is 4.72. The van der Waals surface area contributed by atoms with E-state index in [-0.39, 0.29) is 5.78 Å². The van der Waals surface area contributed by atoms with E-state index in [1.807, 2.05) is 38.1 Å². The normalized spacial score (nSPS) is 20.3. The molecule has 1 fully saturated rings. The van der Waals surface area contributed by atoms with Gasteiger partial charge in [-0.2, -0.15) is 0 Å². The average Bonchev–Trinajstić information content (AvgIpc) is 2.77. The van der Waals surface area contributed by atoms with Crippen LogP contribution in [0.5, 0.6) is 0 Å². The Morgan fingerprint density at radius 2 is 1.28 bits per heavy atom. The Bertz CT molecular complexity index is 856. The molecule has 5 heteroatoms. The fraction of sp³-hybridized carbons (Fsp3) is 0.250. The van der Waals surface area contributed by atoms with E-state index in [4.69, 9.17) is 0 Å². The van der Waals surface area contributed by atoms with Crippen molar-refractivity contribution >= 4 is 29.1 Å². The van der Waals surface area contributed by atoms with Crippen molar-refractivity contribution in [2.75, 3.05) is 9.80 Å². The Morgan fingerprint density at radius 3 is 1.72 bits per heavy atom. The maximum Gasteiger partial charge on any atom is 0.337 e. The molecule has 1 aliphatic heterocycles. The average molecular weight is 336 g/mol. The van der Waals surface area contributed by atoms with Crippen LogP contribution in [0.15, 0.2) is 48.5 Å². The molecule has 25 heavy (non-hydrogen) atoms. The molecule has 1 heterocycles. The molecule has 3 amide bonds. The fourth-order valence-electron chi connectivity index (χ4n) is 2.98. The first-order valence-corrected chi connectivity index (χ1v) is 8.10. The first-order chi connectivity index (χ1) is 11.8. The molecule has 0 aliphatic carbocycles. The molecular formula is C20H20N2O3. The molecule has 0 aromatic heterocycles. The van der Waals surface area contributed by atoms with Gasteiger partial charge < -0.3 is 0 Å². The molecule has 1 aliphatic rings. The number of nitrogens with zero attached hydrogens (tertiary/aromatic N) is 2. The van der Waals surface area contributed by atoms with Crippen LogP contribution in [0.25, 0.3) is 0 Å². The summed E-state index contributed by atoms with van der Waals surface area (Å²) in [7, 11) is 0. The lowest BCUT2D eigenvalue weighted by molar-refractivity contribution is -0.130. The van der Waals surface area contributed by atoms with Crippen LogP contribution in [0, 0.1) is 13.8 Å². The summed E-state index contributed by atoms with van der Waals surface area (Å²) in [6.07, 6.45) is 0. The summed E-state index contributed by atoms with van der Waals surface area (Å²) in [6.45, 7) is 6.70. The van der Waals surface area contributed by atoms with Crippen LogP contribution < -0.4 is 9.80 Å². The molecular weight excluding hydrogens is 316 g/mol. The number of carbonyl (C=O) groups is 3. The number of carbonyl (C=O) groups excluding carboxylic acids is 3. The van der Waals surface area contributed by atoms with Gasteiger partial charge in [0.15, 0.2) is 11.3 Å². The molecule has 0 unspecified atom stereocenters. The van der Waals surface area contributed by atoms with Crippen molar-refractivity contribution in [2.24, 2.45) is 0 Å². The molecule has 2 aromatic rings. The number of Topliss-reactive ketones (excluding diaryl/α,β-unsaturated/α-hetero) is 1. The topological polar surface area (TPSA) is 57.7 Å². The van der Waals surface area contributed by atoms with Crippen molar-refractivity contribution in [3.8, 4) is 0 Å². The Hall–Kier alpha value is -2.95. The second-order valence-corrected chi connectivity index (χ2v) is 6.56. The van der Waals surface area contributed by atoms with Crippen molar-refractivity contribution in [3.05, 3.63) is 59.7 Å². The molecule has 0 saturated carbocycles. The van der Waals surface area contributed by atoms with Gasteiger partial charge in [0.2, 0.25) is 0 Å². The van der Waals surface area contributed by atoms with Gasteiger partial charge in [-0.3, -0.25) is 14.5 Å². The van der Waals surface area contributed by atoms with E-state index in [0.717, 1.165) is 16.0 Å². The molecule has 2 aromatic carbocycles. The molecule has 1 atom stereocenters. The summed E-state index contributed by atoms with van der Waals surface area (Å²) >= 11 is 0. The number of rotatable bonds is 3. The lowest BCUT2D eigenvalue weighted by Gasteiger charge is -2.29. The molecule has 0 bridgehead atoms. The Labute approximate surface area is 146 Å². The maximum absolute atomic E-state index is 13.1. The lowest BCUT2D eigenvalue weighted by atomic mass is 9.94. The van der Waals surface area contributed by atoms with Gasteiger partial charge in [-0.15, -0.1) is 0 Å². The van der Waals surface area contributed by atoms with Gasteiger partial charge in [-0.1, -0.05) is 35.4 Å². The van der Waals surface area contributed by atoms with Gasteiger partial charge in [0.25, 0.3) is 5.91 Å². The van der Waals surface area contributed by atoms with E-state index in [2.05, 4.69) is 0 Å². The van der Waals surface area contributed by atoms with E-state index < -0.39 is 17.5 Å². The third kappa shape index (κ3) is 2.52. The van der Waals surface area contributed by atoms with Gasteiger partial charge >= 0.3 is 6.03 Å². The van der Waals surface area contributed by atoms with Crippen LogP contribution in [0.3, 0.4) is 0 Å². The second-order valence-electron chi connectivity index (χ2n) is 6.56. The number of ketones is 1. The van der Waals surface area contributed by atoms with E-state index in [1.165, 1.54) is 18.7 Å². The standard InChI is InChI=1S/C20H20N2O3/c1-13-5-9-16(10-6-13)21-18(24)20(4,15(3)23)22(19(21)25)17-11-7-14(2)8-12-17/h5-12H,1-4H3/t20-/m0/s1. The summed E-state index contributed by atoms with van der Waals surface area (Å²) in [6, 6.07) is 13.8. The van der Waals surface area contributed by atoms with Crippen molar-refractivity contribution < 1.29 is 14.4 Å².